The highest BCUT2D eigenvalue weighted by molar-refractivity contribution is 7.21. The van der Waals surface area contributed by atoms with Gasteiger partial charge in [-0.3, -0.25) is 9.59 Å². The Morgan fingerprint density at radius 3 is 2.38 bits per heavy atom. The fourth-order valence-electron chi connectivity index (χ4n) is 2.55. The van der Waals surface area contributed by atoms with Crippen LogP contribution in [-0.2, 0) is 9.53 Å². The first kappa shape index (κ1) is 17.8. The van der Waals surface area contributed by atoms with Gasteiger partial charge in [0.2, 0.25) is 0 Å². The van der Waals surface area contributed by atoms with Gasteiger partial charge in [0.1, 0.15) is 4.88 Å². The second-order valence-electron chi connectivity index (χ2n) is 5.81. The van der Waals surface area contributed by atoms with Crippen molar-refractivity contribution in [2.75, 3.05) is 11.9 Å². The number of anilines is 1. The zero-order valence-corrected chi connectivity index (χ0v) is 15.2. The number of Topliss-reactive ketones (excluding diaryl/α,β-unsaturated/α-hetero) is 1. The van der Waals surface area contributed by atoms with Crippen LogP contribution in [0.4, 0.5) is 5.69 Å². The van der Waals surface area contributed by atoms with E-state index in [4.69, 9.17) is 4.74 Å². The third kappa shape index (κ3) is 3.81. The van der Waals surface area contributed by atoms with Crippen LogP contribution in [0.15, 0.2) is 48.5 Å². The molecule has 0 saturated carbocycles. The van der Waals surface area contributed by atoms with Crippen molar-refractivity contribution in [1.29, 1.82) is 0 Å². The Kier molecular flexibility index (Phi) is 5.14. The van der Waals surface area contributed by atoms with Crippen LogP contribution in [-0.4, -0.2) is 24.3 Å². The first-order chi connectivity index (χ1) is 12.5. The first-order valence-electron chi connectivity index (χ1n) is 8.02. The molecule has 6 heteroatoms. The highest BCUT2D eigenvalue weighted by atomic mass is 32.1. The van der Waals surface area contributed by atoms with Crippen molar-refractivity contribution in [3.63, 3.8) is 0 Å². The van der Waals surface area contributed by atoms with E-state index >= 15 is 0 Å². The normalized spacial score (nSPS) is 10.5. The van der Waals surface area contributed by atoms with Crippen molar-refractivity contribution >= 4 is 44.8 Å². The molecule has 2 aromatic carbocycles. The maximum absolute atomic E-state index is 12.3. The molecule has 0 spiro atoms. The number of ether oxygens (including phenoxy) is 1. The summed E-state index contributed by atoms with van der Waals surface area (Å²) in [7, 11) is 0. The minimum Gasteiger partial charge on any atom is -0.451 e. The van der Waals surface area contributed by atoms with E-state index in [1.165, 1.54) is 18.3 Å². The number of aryl methyl sites for hydroxylation is 1. The molecule has 26 heavy (non-hydrogen) atoms. The molecule has 0 saturated heterocycles. The molecular weight excluding hydrogens is 350 g/mol. The van der Waals surface area contributed by atoms with Gasteiger partial charge in [0, 0.05) is 16.0 Å². The Morgan fingerprint density at radius 2 is 1.73 bits per heavy atom. The van der Waals surface area contributed by atoms with Crippen molar-refractivity contribution in [3.05, 3.63) is 64.5 Å². The zero-order valence-electron chi connectivity index (χ0n) is 14.4. The maximum atomic E-state index is 12.3. The largest absolute Gasteiger partial charge is 0.451 e. The molecule has 1 amide bonds. The lowest BCUT2D eigenvalue weighted by atomic mass is 10.1. The van der Waals surface area contributed by atoms with Crippen LogP contribution in [0.3, 0.4) is 0 Å². The number of ketones is 1. The quantitative estimate of drug-likeness (QED) is 0.542. The Bertz CT molecular complexity index is 989. The summed E-state index contributed by atoms with van der Waals surface area (Å²) >= 11 is 1.35. The van der Waals surface area contributed by atoms with Crippen LogP contribution in [0.1, 0.15) is 32.5 Å². The van der Waals surface area contributed by atoms with Gasteiger partial charge in [0.05, 0.1) is 0 Å². The molecule has 0 radical (unpaired) electrons. The molecule has 0 unspecified atom stereocenters. The molecule has 1 aromatic heterocycles. The number of esters is 1. The number of benzene rings is 2. The van der Waals surface area contributed by atoms with Gasteiger partial charge in [0.15, 0.2) is 12.4 Å². The van der Waals surface area contributed by atoms with Gasteiger partial charge in [-0.1, -0.05) is 18.2 Å². The Hall–Kier alpha value is -2.99. The SMILES string of the molecule is CC(=O)c1ccc(NC(=O)COC(=O)c2sc3ccccc3c2C)cc1. The molecule has 1 heterocycles. The van der Waals surface area contributed by atoms with E-state index in [9.17, 15) is 14.4 Å². The van der Waals surface area contributed by atoms with E-state index in [1.54, 1.807) is 24.3 Å². The van der Waals surface area contributed by atoms with Crippen molar-refractivity contribution in [2.24, 2.45) is 0 Å². The number of amides is 1. The fourth-order valence-corrected chi connectivity index (χ4v) is 3.65. The lowest BCUT2D eigenvalue weighted by molar-refractivity contribution is -0.119. The molecule has 3 rings (SSSR count). The fraction of sp³-hybridized carbons (Fsp3) is 0.150. The van der Waals surface area contributed by atoms with Crippen molar-refractivity contribution in [1.82, 2.24) is 0 Å². The van der Waals surface area contributed by atoms with Gasteiger partial charge in [-0.15, -0.1) is 11.3 Å². The monoisotopic (exact) mass is 367 g/mol. The average molecular weight is 367 g/mol. The van der Waals surface area contributed by atoms with Crippen molar-refractivity contribution in [2.45, 2.75) is 13.8 Å². The van der Waals surface area contributed by atoms with Crippen LogP contribution in [0.2, 0.25) is 0 Å². The van der Waals surface area contributed by atoms with Crippen LogP contribution in [0, 0.1) is 6.92 Å². The van der Waals surface area contributed by atoms with Crippen LogP contribution in [0.5, 0.6) is 0 Å². The Morgan fingerprint density at radius 1 is 1.04 bits per heavy atom. The summed E-state index contributed by atoms with van der Waals surface area (Å²) in [5.41, 5.74) is 1.96. The molecule has 0 bridgehead atoms. The lowest BCUT2D eigenvalue weighted by Gasteiger charge is -2.07. The number of hydrogen-bond donors (Lipinski definition) is 1. The molecule has 0 atom stereocenters. The molecular formula is C20H17NO4S. The zero-order chi connectivity index (χ0) is 18.7. The number of rotatable bonds is 5. The average Bonchev–Trinajstić information content (AvgIpc) is 2.97. The summed E-state index contributed by atoms with van der Waals surface area (Å²) in [4.78, 5) is 36.0. The molecule has 0 aliphatic heterocycles. The summed E-state index contributed by atoms with van der Waals surface area (Å²) in [6.45, 7) is 2.97. The summed E-state index contributed by atoms with van der Waals surface area (Å²) in [5.74, 6) is -0.992. The van der Waals surface area contributed by atoms with E-state index in [0.29, 0.717) is 16.1 Å². The van der Waals surface area contributed by atoms with E-state index in [-0.39, 0.29) is 12.4 Å². The standard InChI is InChI=1S/C20H17NO4S/c1-12-16-5-3-4-6-17(16)26-19(12)20(24)25-11-18(23)21-15-9-7-14(8-10-15)13(2)22/h3-10H,11H2,1-2H3,(H,21,23). The number of carbonyl (C=O) groups is 3. The lowest BCUT2D eigenvalue weighted by Crippen LogP contribution is -2.20. The second-order valence-corrected chi connectivity index (χ2v) is 6.86. The van der Waals surface area contributed by atoms with E-state index in [2.05, 4.69) is 5.32 Å². The topological polar surface area (TPSA) is 72.5 Å². The molecule has 1 N–H and O–H groups in total. The Balaban J connectivity index is 1.60. The predicted octanol–water partition coefficient (Wildman–Crippen LogP) is 4.21. The molecule has 132 valence electrons. The first-order valence-corrected chi connectivity index (χ1v) is 8.83. The second kappa shape index (κ2) is 7.49. The number of nitrogens with one attached hydrogen (secondary N) is 1. The highest BCUT2D eigenvalue weighted by Crippen LogP contribution is 2.30. The molecule has 0 aliphatic carbocycles. The van der Waals surface area contributed by atoms with Gasteiger partial charge in [-0.05, 0) is 55.1 Å². The van der Waals surface area contributed by atoms with Crippen LogP contribution >= 0.6 is 11.3 Å². The summed E-state index contributed by atoms with van der Waals surface area (Å²) in [6, 6.07) is 14.3. The summed E-state index contributed by atoms with van der Waals surface area (Å²) < 4.78 is 6.15. The minimum absolute atomic E-state index is 0.0458. The van der Waals surface area contributed by atoms with Gasteiger partial charge in [0.25, 0.3) is 5.91 Å². The highest BCUT2D eigenvalue weighted by Gasteiger charge is 2.17. The smallest absolute Gasteiger partial charge is 0.349 e. The number of hydrogen-bond acceptors (Lipinski definition) is 5. The number of thiophene rings is 1. The minimum atomic E-state index is -0.509. The third-order valence-corrected chi connectivity index (χ3v) is 5.19. The molecule has 0 aliphatic rings. The van der Waals surface area contributed by atoms with E-state index < -0.39 is 11.9 Å². The summed E-state index contributed by atoms with van der Waals surface area (Å²) in [6.07, 6.45) is 0. The molecule has 3 aromatic rings. The number of carbonyl (C=O) groups excluding carboxylic acids is 3. The molecule has 5 nitrogen and oxygen atoms in total. The van der Waals surface area contributed by atoms with Gasteiger partial charge >= 0.3 is 5.97 Å². The van der Waals surface area contributed by atoms with Gasteiger partial charge in [-0.25, -0.2) is 4.79 Å². The van der Waals surface area contributed by atoms with E-state index in [1.807, 2.05) is 31.2 Å². The van der Waals surface area contributed by atoms with Crippen LogP contribution < -0.4 is 5.32 Å². The number of fused-ring (bicyclic) bond motifs is 1. The Labute approximate surface area is 154 Å². The van der Waals surface area contributed by atoms with Crippen LogP contribution in [0.25, 0.3) is 10.1 Å². The van der Waals surface area contributed by atoms with E-state index in [0.717, 1.165) is 15.6 Å². The van der Waals surface area contributed by atoms with Gasteiger partial charge < -0.3 is 10.1 Å². The third-order valence-electron chi connectivity index (χ3n) is 3.94. The van der Waals surface area contributed by atoms with Gasteiger partial charge in [-0.2, -0.15) is 0 Å². The predicted molar refractivity (Wildman–Crippen MR) is 102 cm³/mol. The van der Waals surface area contributed by atoms with Crippen molar-refractivity contribution in [3.8, 4) is 0 Å². The maximum Gasteiger partial charge on any atom is 0.349 e. The molecule has 0 fully saturated rings. The summed E-state index contributed by atoms with van der Waals surface area (Å²) in [5, 5.41) is 3.65. The van der Waals surface area contributed by atoms with Crippen molar-refractivity contribution < 1.29 is 19.1 Å².